The predicted octanol–water partition coefficient (Wildman–Crippen LogP) is 7.10. The van der Waals surface area contributed by atoms with Crippen molar-refractivity contribution in [2.75, 3.05) is 11.9 Å². The molecule has 138 valence electrons. The van der Waals surface area contributed by atoms with Gasteiger partial charge in [-0.05, 0) is 43.2 Å². The van der Waals surface area contributed by atoms with Crippen molar-refractivity contribution in [2.24, 2.45) is 11.8 Å². The molecule has 1 aromatic rings. The number of alkyl halides is 1. The van der Waals surface area contributed by atoms with E-state index in [9.17, 15) is 4.39 Å². The first kappa shape index (κ1) is 18.9. The van der Waals surface area contributed by atoms with Crippen LogP contribution in [0.2, 0.25) is 0 Å². The number of fused-ring (bicyclic) bond motifs is 1. The molecule has 1 fully saturated rings. The lowest BCUT2D eigenvalue weighted by atomic mass is 9.78. The van der Waals surface area contributed by atoms with Crippen LogP contribution in [0.3, 0.4) is 0 Å². The maximum atomic E-state index is 14.7. The van der Waals surface area contributed by atoms with Gasteiger partial charge in [0.05, 0.1) is 6.61 Å². The highest BCUT2D eigenvalue weighted by Gasteiger charge is 2.25. The Labute approximate surface area is 160 Å². The first-order valence-corrected chi connectivity index (χ1v) is 11.0. The first-order chi connectivity index (χ1) is 12.2. The maximum absolute atomic E-state index is 14.7. The molecule has 1 unspecified atom stereocenters. The zero-order chi connectivity index (χ0) is 17.6. The van der Waals surface area contributed by atoms with E-state index in [0.717, 1.165) is 34.7 Å². The molecule has 0 saturated heterocycles. The molecule has 0 bridgehead atoms. The van der Waals surface area contributed by atoms with E-state index in [4.69, 9.17) is 4.74 Å². The van der Waals surface area contributed by atoms with Gasteiger partial charge in [0.2, 0.25) is 0 Å². The molecule has 1 atom stereocenters. The summed E-state index contributed by atoms with van der Waals surface area (Å²) in [4.78, 5) is 0. The molecule has 1 nitrogen and oxygen atoms in total. The molecule has 0 N–H and O–H groups in total. The zero-order valence-corrected chi connectivity index (χ0v) is 16.9. The fourth-order valence-electron chi connectivity index (χ4n) is 4.52. The average molecular weight is 409 g/mol. The largest absolute Gasteiger partial charge is 0.491 e. The van der Waals surface area contributed by atoms with Gasteiger partial charge in [0.15, 0.2) is 11.6 Å². The minimum Gasteiger partial charge on any atom is -0.491 e. The highest BCUT2D eigenvalue weighted by molar-refractivity contribution is 9.09. The zero-order valence-electron chi connectivity index (χ0n) is 15.3. The molecule has 1 saturated carbocycles. The molecule has 1 aromatic carbocycles. The molecule has 0 aliphatic heterocycles. The lowest BCUT2D eigenvalue weighted by Gasteiger charge is -2.28. The van der Waals surface area contributed by atoms with Gasteiger partial charge >= 0.3 is 0 Å². The number of rotatable bonds is 8. The fourth-order valence-corrected chi connectivity index (χ4v) is 5.17. The van der Waals surface area contributed by atoms with Gasteiger partial charge in [-0.25, -0.2) is 4.39 Å². The van der Waals surface area contributed by atoms with Crippen LogP contribution >= 0.6 is 15.9 Å². The van der Waals surface area contributed by atoms with Crippen LogP contribution in [0.5, 0.6) is 5.75 Å². The Hall–Kier alpha value is -0.830. The van der Waals surface area contributed by atoms with Crippen LogP contribution in [-0.2, 0) is 0 Å². The van der Waals surface area contributed by atoms with Crippen molar-refractivity contribution in [1.29, 1.82) is 0 Å². The highest BCUT2D eigenvalue weighted by Crippen LogP contribution is 2.40. The fraction of sp³-hybridized carbons (Fsp3) is 0.636. The van der Waals surface area contributed by atoms with Gasteiger partial charge in [-0.1, -0.05) is 72.7 Å². The van der Waals surface area contributed by atoms with Gasteiger partial charge in [-0.15, -0.1) is 0 Å². The quantitative estimate of drug-likeness (QED) is 0.416. The number of hydrogen-bond acceptors (Lipinski definition) is 1. The van der Waals surface area contributed by atoms with E-state index >= 15 is 0 Å². The molecule has 0 amide bonds. The second kappa shape index (κ2) is 9.21. The van der Waals surface area contributed by atoms with Crippen LogP contribution in [0.15, 0.2) is 18.2 Å². The van der Waals surface area contributed by atoms with E-state index in [1.165, 1.54) is 44.9 Å². The molecule has 0 radical (unpaired) electrons. The van der Waals surface area contributed by atoms with E-state index in [2.05, 4.69) is 28.1 Å². The normalized spacial score (nSPS) is 25.2. The van der Waals surface area contributed by atoms with Crippen molar-refractivity contribution in [3.63, 3.8) is 0 Å². The molecular weight excluding hydrogens is 379 g/mol. The molecule has 0 heterocycles. The smallest absolute Gasteiger partial charge is 0.169 e. The van der Waals surface area contributed by atoms with E-state index in [0.29, 0.717) is 12.4 Å². The van der Waals surface area contributed by atoms with Crippen LogP contribution in [-0.4, -0.2) is 11.9 Å². The van der Waals surface area contributed by atoms with Gasteiger partial charge in [-0.3, -0.25) is 0 Å². The minimum atomic E-state index is -0.148. The lowest BCUT2D eigenvalue weighted by Crippen LogP contribution is -2.15. The van der Waals surface area contributed by atoms with Gasteiger partial charge < -0.3 is 4.74 Å². The van der Waals surface area contributed by atoms with Crippen LogP contribution in [0.4, 0.5) is 4.39 Å². The summed E-state index contributed by atoms with van der Waals surface area (Å²) in [5.41, 5.74) is 1.88. The average Bonchev–Trinajstić information content (AvgIpc) is 3.03. The third-order valence-electron chi connectivity index (χ3n) is 5.97. The molecule has 25 heavy (non-hydrogen) atoms. The van der Waals surface area contributed by atoms with Crippen LogP contribution in [0.25, 0.3) is 6.08 Å². The van der Waals surface area contributed by atoms with Gasteiger partial charge in [0.25, 0.3) is 0 Å². The van der Waals surface area contributed by atoms with Gasteiger partial charge in [-0.2, -0.15) is 0 Å². The van der Waals surface area contributed by atoms with E-state index in [1.54, 1.807) is 6.07 Å². The van der Waals surface area contributed by atoms with Crippen molar-refractivity contribution < 1.29 is 9.13 Å². The van der Waals surface area contributed by atoms with Crippen molar-refractivity contribution >= 4 is 22.0 Å². The number of allylic oxidation sites excluding steroid dienone is 1. The molecule has 0 spiro atoms. The van der Waals surface area contributed by atoms with Gasteiger partial charge in [0.1, 0.15) is 0 Å². The van der Waals surface area contributed by atoms with Gasteiger partial charge in [0, 0.05) is 16.8 Å². The van der Waals surface area contributed by atoms with E-state index in [-0.39, 0.29) is 11.7 Å². The highest BCUT2D eigenvalue weighted by atomic mass is 79.9. The molecule has 0 aromatic heterocycles. The Morgan fingerprint density at radius 1 is 1.08 bits per heavy atom. The summed E-state index contributed by atoms with van der Waals surface area (Å²) in [6, 6.07) is 3.75. The summed E-state index contributed by atoms with van der Waals surface area (Å²) in [5.74, 6) is 2.30. The SMILES string of the molecule is CCOc1ccc2c(c1F)C(CCCC1CCC(CCBr)CC1)C=C2. The summed E-state index contributed by atoms with van der Waals surface area (Å²) in [6.07, 6.45) is 14.7. The predicted molar refractivity (Wildman–Crippen MR) is 107 cm³/mol. The van der Waals surface area contributed by atoms with E-state index in [1.807, 2.05) is 13.0 Å². The minimum absolute atomic E-state index is 0.148. The number of halogens is 2. The second-order valence-corrected chi connectivity index (χ2v) is 8.37. The third kappa shape index (κ3) is 4.67. The summed E-state index contributed by atoms with van der Waals surface area (Å²) >= 11 is 3.57. The molecular formula is C22H30BrFO. The Bertz CT molecular complexity index is 590. The van der Waals surface area contributed by atoms with E-state index < -0.39 is 0 Å². The maximum Gasteiger partial charge on any atom is 0.169 e. The Balaban J connectivity index is 1.50. The number of hydrogen-bond donors (Lipinski definition) is 0. The van der Waals surface area contributed by atoms with Crippen molar-refractivity contribution in [2.45, 2.75) is 64.2 Å². The Kier molecular flexibility index (Phi) is 6.98. The van der Waals surface area contributed by atoms with Crippen LogP contribution in [0.1, 0.15) is 75.3 Å². The van der Waals surface area contributed by atoms with Crippen LogP contribution in [0, 0.1) is 17.7 Å². The second-order valence-electron chi connectivity index (χ2n) is 7.57. The van der Waals surface area contributed by atoms with Crippen molar-refractivity contribution in [1.82, 2.24) is 0 Å². The summed E-state index contributed by atoms with van der Waals surface area (Å²) < 4.78 is 20.2. The number of benzene rings is 1. The molecule has 2 aliphatic carbocycles. The first-order valence-electron chi connectivity index (χ1n) is 9.92. The summed E-state index contributed by atoms with van der Waals surface area (Å²) in [6.45, 7) is 2.40. The summed E-state index contributed by atoms with van der Waals surface area (Å²) in [5, 5.41) is 1.14. The number of ether oxygens (including phenoxy) is 1. The molecule has 2 aliphatic rings. The van der Waals surface area contributed by atoms with Crippen LogP contribution < -0.4 is 4.74 Å². The van der Waals surface area contributed by atoms with Crippen molar-refractivity contribution in [3.8, 4) is 5.75 Å². The molecule has 3 heteroatoms. The topological polar surface area (TPSA) is 9.23 Å². The summed E-state index contributed by atoms with van der Waals surface area (Å²) in [7, 11) is 0. The molecule has 3 rings (SSSR count). The third-order valence-corrected chi connectivity index (χ3v) is 6.43. The monoisotopic (exact) mass is 408 g/mol. The standard InChI is InChI=1S/C22H30BrFO/c1-2-25-20-13-12-19-11-10-18(21(19)22(20)24)5-3-4-16-6-8-17(9-7-16)14-15-23/h10-13,16-18H,2-9,14-15H2,1H3. The van der Waals surface area contributed by atoms with Crippen molar-refractivity contribution in [3.05, 3.63) is 35.2 Å². The Morgan fingerprint density at radius 3 is 2.48 bits per heavy atom. The Morgan fingerprint density at radius 2 is 1.80 bits per heavy atom. The lowest BCUT2D eigenvalue weighted by molar-refractivity contribution is 0.255.